The summed E-state index contributed by atoms with van der Waals surface area (Å²) in [6, 6.07) is 13.3. The zero-order chi connectivity index (χ0) is 22.2. The molecule has 2 N–H and O–H groups in total. The minimum absolute atomic E-state index is 0.0166. The molecule has 7 heteroatoms. The van der Waals surface area contributed by atoms with Gasteiger partial charge in [-0.2, -0.15) is 0 Å². The Morgan fingerprint density at radius 3 is 2.32 bits per heavy atom. The normalized spacial score (nSPS) is 18.2. The third kappa shape index (κ3) is 6.46. The van der Waals surface area contributed by atoms with Crippen LogP contribution in [0.4, 0.5) is 16.2 Å². The van der Waals surface area contributed by atoms with E-state index in [1.54, 1.807) is 7.11 Å². The van der Waals surface area contributed by atoms with Crippen LogP contribution >= 0.6 is 0 Å². The summed E-state index contributed by atoms with van der Waals surface area (Å²) in [6.07, 6.45) is 3.96. The van der Waals surface area contributed by atoms with E-state index in [1.807, 2.05) is 37.3 Å². The van der Waals surface area contributed by atoms with Crippen LogP contribution in [0.25, 0.3) is 0 Å². The van der Waals surface area contributed by atoms with Gasteiger partial charge in [0.25, 0.3) is 0 Å². The topological polar surface area (TPSA) is 85.9 Å². The molecule has 31 heavy (non-hydrogen) atoms. The minimum atomic E-state index is -0.338. The van der Waals surface area contributed by atoms with Crippen molar-refractivity contribution in [1.29, 1.82) is 0 Å². The summed E-state index contributed by atoms with van der Waals surface area (Å²) >= 11 is 0. The van der Waals surface area contributed by atoms with Crippen LogP contribution in [0.5, 0.6) is 5.75 Å². The Morgan fingerprint density at radius 1 is 0.968 bits per heavy atom. The predicted molar refractivity (Wildman–Crippen MR) is 120 cm³/mol. The maximum atomic E-state index is 12.4. The molecule has 0 aromatic heterocycles. The van der Waals surface area contributed by atoms with Gasteiger partial charge in [-0.15, -0.1) is 0 Å². The van der Waals surface area contributed by atoms with Crippen molar-refractivity contribution in [2.45, 2.75) is 44.6 Å². The van der Waals surface area contributed by atoms with Crippen LogP contribution in [0.3, 0.4) is 0 Å². The lowest BCUT2D eigenvalue weighted by molar-refractivity contribution is -0.148. The number of methoxy groups -OCH3 is 2. The zero-order valence-electron chi connectivity index (χ0n) is 18.3. The van der Waals surface area contributed by atoms with E-state index in [0.29, 0.717) is 17.4 Å². The zero-order valence-corrected chi connectivity index (χ0v) is 18.3. The maximum absolute atomic E-state index is 12.4. The van der Waals surface area contributed by atoms with Crippen LogP contribution in [-0.2, 0) is 14.3 Å². The molecular formula is C24H30N2O5. The van der Waals surface area contributed by atoms with Crippen molar-refractivity contribution >= 4 is 23.4 Å². The molecule has 1 aliphatic carbocycles. The van der Waals surface area contributed by atoms with E-state index in [4.69, 9.17) is 9.47 Å². The number of hydrogen-bond donors (Lipinski definition) is 2. The van der Waals surface area contributed by atoms with Crippen LogP contribution in [0.2, 0.25) is 0 Å². The number of urea groups is 1. The summed E-state index contributed by atoms with van der Waals surface area (Å²) in [5.41, 5.74) is 3.63. The molecule has 2 amide bonds. The Labute approximate surface area is 183 Å². The molecule has 2 aromatic rings. The Bertz CT molecular complexity index is 889. The highest BCUT2D eigenvalue weighted by atomic mass is 16.6. The van der Waals surface area contributed by atoms with Crippen LogP contribution in [-0.4, -0.2) is 38.9 Å². The third-order valence-corrected chi connectivity index (χ3v) is 5.58. The van der Waals surface area contributed by atoms with Gasteiger partial charge in [0.05, 0.1) is 26.0 Å². The molecule has 2 aromatic carbocycles. The summed E-state index contributed by atoms with van der Waals surface area (Å²) in [6.45, 7) is 1.97. The fraction of sp³-hybridized carbons (Fsp3) is 0.417. The maximum Gasteiger partial charge on any atom is 0.331 e. The van der Waals surface area contributed by atoms with Gasteiger partial charge in [-0.25, -0.2) is 9.59 Å². The standard InChI is InChI=1S/C24H30N2O5/c1-16-4-13-22(29-2)21(14-16)26-24(28)25-19-9-5-17(6-10-19)18-7-11-20(12-8-18)31-15-23(27)30-3/h4-6,9-10,13-14,18,20H,7-8,11-12,15H2,1-3H3,(H2,25,26,28)/t18-,20+. The molecule has 1 fully saturated rings. The van der Waals surface area contributed by atoms with E-state index in [-0.39, 0.29) is 24.7 Å². The second-order valence-corrected chi connectivity index (χ2v) is 7.77. The summed E-state index contributed by atoms with van der Waals surface area (Å²) in [4.78, 5) is 23.6. The average Bonchev–Trinajstić information content (AvgIpc) is 2.78. The quantitative estimate of drug-likeness (QED) is 0.618. The van der Waals surface area contributed by atoms with E-state index in [1.165, 1.54) is 12.7 Å². The predicted octanol–water partition coefficient (Wildman–Crippen LogP) is 4.86. The molecule has 0 radical (unpaired) electrons. The van der Waals surface area contributed by atoms with Crippen molar-refractivity contribution in [1.82, 2.24) is 0 Å². The smallest absolute Gasteiger partial charge is 0.331 e. The monoisotopic (exact) mass is 426 g/mol. The Morgan fingerprint density at radius 2 is 1.68 bits per heavy atom. The van der Waals surface area contributed by atoms with Gasteiger partial charge in [0.15, 0.2) is 0 Å². The van der Waals surface area contributed by atoms with Gasteiger partial charge in [0, 0.05) is 5.69 Å². The molecule has 7 nitrogen and oxygen atoms in total. The van der Waals surface area contributed by atoms with Gasteiger partial charge in [-0.3, -0.25) is 0 Å². The van der Waals surface area contributed by atoms with Crippen molar-refractivity contribution in [3.8, 4) is 5.75 Å². The molecule has 166 valence electrons. The van der Waals surface area contributed by atoms with Crippen LogP contribution in [0, 0.1) is 6.92 Å². The first kappa shape index (κ1) is 22.6. The lowest BCUT2D eigenvalue weighted by Gasteiger charge is -2.28. The highest BCUT2D eigenvalue weighted by Crippen LogP contribution is 2.34. The number of carbonyl (C=O) groups excluding carboxylic acids is 2. The number of nitrogens with one attached hydrogen (secondary N) is 2. The second-order valence-electron chi connectivity index (χ2n) is 7.77. The van der Waals surface area contributed by atoms with Gasteiger partial charge in [0.1, 0.15) is 12.4 Å². The first-order chi connectivity index (χ1) is 15.0. The number of anilines is 2. The van der Waals surface area contributed by atoms with Gasteiger partial charge in [-0.1, -0.05) is 18.2 Å². The van der Waals surface area contributed by atoms with E-state index >= 15 is 0 Å². The van der Waals surface area contributed by atoms with Crippen LogP contribution in [0.1, 0.15) is 42.7 Å². The number of aryl methyl sites for hydroxylation is 1. The summed E-state index contributed by atoms with van der Waals surface area (Å²) in [5, 5.41) is 5.70. The Kier molecular flexibility index (Phi) is 7.89. The molecule has 0 saturated heterocycles. The first-order valence-electron chi connectivity index (χ1n) is 10.5. The lowest BCUT2D eigenvalue weighted by atomic mass is 9.82. The van der Waals surface area contributed by atoms with E-state index in [2.05, 4.69) is 27.5 Å². The average molecular weight is 427 g/mol. The number of ether oxygens (including phenoxy) is 3. The number of carbonyl (C=O) groups is 2. The number of amides is 2. The molecule has 3 rings (SSSR count). The van der Waals surface area contributed by atoms with Crippen LogP contribution in [0.15, 0.2) is 42.5 Å². The number of esters is 1. The number of benzene rings is 2. The van der Waals surface area contributed by atoms with Crippen molar-refractivity contribution < 1.29 is 23.8 Å². The molecule has 0 heterocycles. The summed E-state index contributed by atoms with van der Waals surface area (Å²) < 4.78 is 15.5. The molecule has 1 aliphatic rings. The van der Waals surface area contributed by atoms with E-state index in [0.717, 1.165) is 36.9 Å². The fourth-order valence-electron chi connectivity index (χ4n) is 3.85. The molecule has 0 aliphatic heterocycles. The van der Waals surface area contributed by atoms with Crippen molar-refractivity contribution in [3.05, 3.63) is 53.6 Å². The van der Waals surface area contributed by atoms with E-state index in [9.17, 15) is 9.59 Å². The third-order valence-electron chi connectivity index (χ3n) is 5.58. The first-order valence-corrected chi connectivity index (χ1v) is 10.5. The van der Waals surface area contributed by atoms with Gasteiger partial charge in [-0.05, 0) is 73.9 Å². The highest BCUT2D eigenvalue weighted by molar-refractivity contribution is 6.00. The van der Waals surface area contributed by atoms with Crippen molar-refractivity contribution in [2.75, 3.05) is 31.5 Å². The molecule has 0 spiro atoms. The number of hydrogen-bond acceptors (Lipinski definition) is 5. The van der Waals surface area contributed by atoms with Gasteiger partial charge >= 0.3 is 12.0 Å². The van der Waals surface area contributed by atoms with Crippen molar-refractivity contribution in [3.63, 3.8) is 0 Å². The number of rotatable bonds is 7. The second kappa shape index (κ2) is 10.8. The highest BCUT2D eigenvalue weighted by Gasteiger charge is 2.23. The Balaban J connectivity index is 1.50. The largest absolute Gasteiger partial charge is 0.495 e. The van der Waals surface area contributed by atoms with Crippen molar-refractivity contribution in [2.24, 2.45) is 0 Å². The minimum Gasteiger partial charge on any atom is -0.495 e. The Hall–Kier alpha value is -3.06. The van der Waals surface area contributed by atoms with Gasteiger partial charge in [0.2, 0.25) is 0 Å². The van der Waals surface area contributed by atoms with Gasteiger partial charge < -0.3 is 24.8 Å². The summed E-state index contributed by atoms with van der Waals surface area (Å²) in [5.74, 6) is 0.731. The molecule has 0 unspecified atom stereocenters. The molecular weight excluding hydrogens is 396 g/mol. The van der Waals surface area contributed by atoms with E-state index < -0.39 is 0 Å². The summed E-state index contributed by atoms with van der Waals surface area (Å²) in [7, 11) is 2.94. The van der Waals surface area contributed by atoms with Crippen LogP contribution < -0.4 is 15.4 Å². The fourth-order valence-corrected chi connectivity index (χ4v) is 3.85. The lowest BCUT2D eigenvalue weighted by Crippen LogP contribution is -2.24. The molecule has 0 atom stereocenters. The SMILES string of the molecule is COC(=O)CO[C@H]1CC[C@@H](c2ccc(NC(=O)Nc3cc(C)ccc3OC)cc2)CC1. The molecule has 0 bridgehead atoms. The molecule has 1 saturated carbocycles.